The van der Waals surface area contributed by atoms with Gasteiger partial charge in [-0.05, 0) is 38.5 Å². The first-order chi connectivity index (χ1) is 13.4. The number of aryl methyl sites for hydroxylation is 2. The third kappa shape index (κ3) is 3.34. The Morgan fingerprint density at radius 2 is 2.07 bits per heavy atom. The SMILES string of the molecule is Cc1sc2nc([C@H](C)OC(=O)/C=C/c3nc4ccccc4o3)[nH]c(=O)c2c1C. The van der Waals surface area contributed by atoms with Gasteiger partial charge in [0.25, 0.3) is 5.56 Å². The summed E-state index contributed by atoms with van der Waals surface area (Å²) in [5.41, 5.74) is 2.04. The second kappa shape index (κ2) is 7.05. The Hall–Kier alpha value is -3.26. The first kappa shape index (κ1) is 18.1. The largest absolute Gasteiger partial charge is 0.451 e. The minimum Gasteiger partial charge on any atom is -0.451 e. The molecule has 3 aromatic heterocycles. The van der Waals surface area contributed by atoms with Gasteiger partial charge in [-0.2, -0.15) is 0 Å². The van der Waals surface area contributed by atoms with E-state index in [0.29, 0.717) is 33.0 Å². The van der Waals surface area contributed by atoms with Crippen LogP contribution in [0.1, 0.15) is 35.2 Å². The minimum absolute atomic E-state index is 0.230. The quantitative estimate of drug-likeness (QED) is 0.413. The zero-order chi connectivity index (χ0) is 19.8. The number of H-pyrrole nitrogens is 1. The summed E-state index contributed by atoms with van der Waals surface area (Å²) in [6.45, 7) is 5.49. The lowest BCUT2D eigenvalue weighted by Gasteiger charge is -2.10. The highest BCUT2D eigenvalue weighted by Gasteiger charge is 2.17. The standard InChI is InChI=1S/C20H17N3O4S/c1-10-12(3)28-20-17(10)19(25)22-18(23-20)11(2)26-16(24)9-8-15-21-13-6-4-5-7-14(13)27-15/h4-9,11H,1-3H3,(H,22,23,25)/b9-8+/t11-/m0/s1. The highest BCUT2D eigenvalue weighted by molar-refractivity contribution is 7.18. The summed E-state index contributed by atoms with van der Waals surface area (Å²) in [4.78, 5) is 37.6. The molecule has 1 aromatic carbocycles. The predicted molar refractivity (Wildman–Crippen MR) is 107 cm³/mol. The van der Waals surface area contributed by atoms with E-state index in [1.165, 1.54) is 23.5 Å². The van der Waals surface area contributed by atoms with Crippen molar-refractivity contribution in [1.29, 1.82) is 0 Å². The fraction of sp³-hybridized carbons (Fsp3) is 0.200. The van der Waals surface area contributed by atoms with Crippen LogP contribution in [-0.2, 0) is 9.53 Å². The van der Waals surface area contributed by atoms with Crippen LogP contribution < -0.4 is 5.56 Å². The molecule has 0 fully saturated rings. The number of hydrogen-bond acceptors (Lipinski definition) is 7. The molecule has 7 nitrogen and oxygen atoms in total. The number of benzene rings is 1. The predicted octanol–water partition coefficient (Wildman–Crippen LogP) is 4.06. The number of carbonyl (C=O) groups is 1. The average Bonchev–Trinajstić information content (AvgIpc) is 3.20. The monoisotopic (exact) mass is 395 g/mol. The number of carbonyl (C=O) groups excluding carboxylic acids is 1. The van der Waals surface area contributed by atoms with Crippen molar-refractivity contribution < 1.29 is 13.9 Å². The highest BCUT2D eigenvalue weighted by Crippen LogP contribution is 2.27. The maximum Gasteiger partial charge on any atom is 0.331 e. The van der Waals surface area contributed by atoms with Crippen LogP contribution in [0.5, 0.6) is 0 Å². The number of nitrogens with one attached hydrogen (secondary N) is 1. The number of thiophene rings is 1. The Bertz CT molecular complexity index is 1250. The van der Waals surface area contributed by atoms with Gasteiger partial charge in [-0.15, -0.1) is 11.3 Å². The molecule has 4 rings (SSSR count). The Labute approximate surface area is 163 Å². The lowest BCUT2D eigenvalue weighted by Crippen LogP contribution is -2.16. The van der Waals surface area contributed by atoms with Crippen LogP contribution >= 0.6 is 11.3 Å². The summed E-state index contributed by atoms with van der Waals surface area (Å²) in [6.07, 6.45) is 1.97. The molecule has 0 aliphatic heterocycles. The van der Waals surface area contributed by atoms with Crippen LogP contribution in [0.15, 0.2) is 39.6 Å². The Kier molecular flexibility index (Phi) is 4.56. The smallest absolute Gasteiger partial charge is 0.331 e. The fourth-order valence-corrected chi connectivity index (χ4v) is 3.87. The van der Waals surface area contributed by atoms with Gasteiger partial charge in [0.1, 0.15) is 10.3 Å². The van der Waals surface area contributed by atoms with Gasteiger partial charge in [-0.3, -0.25) is 4.79 Å². The van der Waals surface area contributed by atoms with Crippen LogP contribution in [0, 0.1) is 13.8 Å². The molecule has 0 saturated carbocycles. The molecule has 142 valence electrons. The Balaban J connectivity index is 1.51. The second-order valence-electron chi connectivity index (χ2n) is 6.35. The number of rotatable bonds is 4. The molecule has 0 spiro atoms. The molecule has 0 unspecified atom stereocenters. The third-order valence-electron chi connectivity index (χ3n) is 4.41. The number of esters is 1. The lowest BCUT2D eigenvalue weighted by atomic mass is 10.2. The number of nitrogens with zero attached hydrogens (tertiary/aromatic N) is 2. The van der Waals surface area contributed by atoms with Crippen molar-refractivity contribution >= 4 is 44.7 Å². The van der Waals surface area contributed by atoms with Crippen molar-refractivity contribution in [2.45, 2.75) is 26.9 Å². The molecule has 0 saturated heterocycles. The second-order valence-corrected chi connectivity index (χ2v) is 7.55. The van der Waals surface area contributed by atoms with E-state index in [4.69, 9.17) is 9.15 Å². The van der Waals surface area contributed by atoms with E-state index < -0.39 is 12.1 Å². The summed E-state index contributed by atoms with van der Waals surface area (Å²) in [7, 11) is 0. The first-order valence-corrected chi connectivity index (χ1v) is 9.48. The van der Waals surface area contributed by atoms with Crippen LogP contribution in [0.4, 0.5) is 0 Å². The van der Waals surface area contributed by atoms with Gasteiger partial charge in [0.05, 0.1) is 5.39 Å². The van der Waals surface area contributed by atoms with E-state index in [2.05, 4.69) is 15.0 Å². The van der Waals surface area contributed by atoms with E-state index in [9.17, 15) is 9.59 Å². The van der Waals surface area contributed by atoms with E-state index in [1.807, 2.05) is 32.0 Å². The summed E-state index contributed by atoms with van der Waals surface area (Å²) in [5.74, 6) is 0.0293. The van der Waals surface area contributed by atoms with E-state index in [0.717, 1.165) is 10.4 Å². The number of hydrogen-bond donors (Lipinski definition) is 1. The van der Waals surface area contributed by atoms with Gasteiger partial charge in [0.2, 0.25) is 5.89 Å². The molecule has 0 aliphatic rings. The number of aromatic nitrogens is 3. The molecular formula is C20H17N3O4S. The van der Waals surface area contributed by atoms with Crippen LogP contribution in [0.25, 0.3) is 27.4 Å². The number of ether oxygens (including phenoxy) is 1. The van der Waals surface area contributed by atoms with Crippen molar-refractivity contribution in [1.82, 2.24) is 15.0 Å². The Morgan fingerprint density at radius 1 is 1.29 bits per heavy atom. The van der Waals surface area contributed by atoms with Gasteiger partial charge in [-0.25, -0.2) is 14.8 Å². The van der Waals surface area contributed by atoms with E-state index in [1.54, 1.807) is 13.0 Å². The molecule has 0 amide bonds. The minimum atomic E-state index is -0.708. The average molecular weight is 395 g/mol. The molecule has 8 heteroatoms. The van der Waals surface area contributed by atoms with Gasteiger partial charge in [-0.1, -0.05) is 12.1 Å². The number of fused-ring (bicyclic) bond motifs is 2. The molecule has 0 bridgehead atoms. The number of aromatic amines is 1. The number of oxazole rings is 1. The Morgan fingerprint density at radius 3 is 2.86 bits per heavy atom. The first-order valence-electron chi connectivity index (χ1n) is 8.66. The third-order valence-corrected chi connectivity index (χ3v) is 5.51. The van der Waals surface area contributed by atoms with E-state index in [-0.39, 0.29) is 5.56 Å². The van der Waals surface area contributed by atoms with Gasteiger partial charge >= 0.3 is 5.97 Å². The van der Waals surface area contributed by atoms with Crippen molar-refractivity contribution in [2.75, 3.05) is 0 Å². The van der Waals surface area contributed by atoms with Gasteiger partial charge in [0.15, 0.2) is 17.5 Å². The highest BCUT2D eigenvalue weighted by atomic mass is 32.1. The van der Waals surface area contributed by atoms with Crippen molar-refractivity contribution in [3.8, 4) is 0 Å². The van der Waals surface area contributed by atoms with Gasteiger partial charge in [0, 0.05) is 17.0 Å². The normalized spacial score (nSPS) is 12.8. The lowest BCUT2D eigenvalue weighted by molar-refractivity contribution is -0.142. The van der Waals surface area contributed by atoms with Crippen LogP contribution in [-0.4, -0.2) is 20.9 Å². The summed E-state index contributed by atoms with van der Waals surface area (Å²) >= 11 is 1.45. The zero-order valence-corrected chi connectivity index (χ0v) is 16.3. The van der Waals surface area contributed by atoms with Crippen LogP contribution in [0.3, 0.4) is 0 Å². The molecule has 1 N–H and O–H groups in total. The molecule has 1 atom stereocenters. The summed E-state index contributed by atoms with van der Waals surface area (Å²) in [6, 6.07) is 7.32. The summed E-state index contributed by atoms with van der Waals surface area (Å²) in [5, 5.41) is 0.584. The molecule has 0 radical (unpaired) electrons. The summed E-state index contributed by atoms with van der Waals surface area (Å²) < 4.78 is 10.9. The topological polar surface area (TPSA) is 98.1 Å². The number of para-hydroxylation sites is 2. The van der Waals surface area contributed by atoms with E-state index >= 15 is 0 Å². The van der Waals surface area contributed by atoms with Crippen molar-refractivity contribution in [2.24, 2.45) is 0 Å². The maximum absolute atomic E-state index is 12.4. The fourth-order valence-electron chi connectivity index (χ4n) is 2.83. The molecule has 4 aromatic rings. The molecule has 28 heavy (non-hydrogen) atoms. The van der Waals surface area contributed by atoms with Gasteiger partial charge < -0.3 is 14.1 Å². The molecule has 3 heterocycles. The van der Waals surface area contributed by atoms with Crippen LogP contribution in [0.2, 0.25) is 0 Å². The molecule has 0 aliphatic carbocycles. The zero-order valence-electron chi connectivity index (χ0n) is 15.5. The van der Waals surface area contributed by atoms with Crippen molar-refractivity contribution in [3.63, 3.8) is 0 Å². The maximum atomic E-state index is 12.4. The molecular weight excluding hydrogens is 378 g/mol. The van der Waals surface area contributed by atoms with Crippen molar-refractivity contribution in [3.05, 3.63) is 62.9 Å².